The molecule has 0 spiro atoms. The fourth-order valence-corrected chi connectivity index (χ4v) is 0.621. The van der Waals surface area contributed by atoms with E-state index in [-0.39, 0.29) is 123 Å². The number of carboxylic acids is 2. The van der Waals surface area contributed by atoms with Gasteiger partial charge in [-0.2, -0.15) is 0 Å². The SMILES string of the molecule is CCCC(C(=O)[O-])C(=O)[O-].[Rb+].[Rb+]. The first-order valence-electron chi connectivity index (χ1n) is 3.01. The van der Waals surface area contributed by atoms with E-state index < -0.39 is 17.9 Å². The molecule has 0 saturated heterocycles. The number of rotatable bonds is 4. The molecular weight excluding hydrogens is 307 g/mol. The molecule has 0 bridgehead atoms. The number of carbonyl (C=O) groups is 2. The summed E-state index contributed by atoms with van der Waals surface area (Å²) in [5.74, 6) is -4.59. The summed E-state index contributed by atoms with van der Waals surface area (Å²) in [5.41, 5.74) is 0. The molecule has 6 heteroatoms. The van der Waals surface area contributed by atoms with E-state index in [2.05, 4.69) is 0 Å². The Morgan fingerprint density at radius 2 is 1.50 bits per heavy atom. The minimum absolute atomic E-state index is 0. The molecule has 0 aromatic carbocycles. The Morgan fingerprint density at radius 1 is 1.17 bits per heavy atom. The molecule has 0 aromatic heterocycles. The van der Waals surface area contributed by atoms with Crippen LogP contribution in [0.4, 0.5) is 0 Å². The molecule has 0 rings (SSSR count). The van der Waals surface area contributed by atoms with Gasteiger partial charge in [-0.15, -0.1) is 0 Å². The average Bonchev–Trinajstić information content (AvgIpc) is 1.81. The van der Waals surface area contributed by atoms with E-state index in [1.54, 1.807) is 6.92 Å². The molecule has 0 unspecified atom stereocenters. The van der Waals surface area contributed by atoms with Crippen molar-refractivity contribution in [2.24, 2.45) is 5.92 Å². The van der Waals surface area contributed by atoms with Gasteiger partial charge in [-0.1, -0.05) is 13.3 Å². The normalized spacial score (nSPS) is 8.17. The Bertz CT molecular complexity index is 134. The smallest absolute Gasteiger partial charge is 0.549 e. The van der Waals surface area contributed by atoms with E-state index in [0.29, 0.717) is 6.42 Å². The number of carbonyl (C=O) groups excluding carboxylic acids is 2. The zero-order valence-electron chi connectivity index (χ0n) is 7.62. The largest absolute Gasteiger partial charge is 1.00 e. The monoisotopic (exact) mass is 314 g/mol. The summed E-state index contributed by atoms with van der Waals surface area (Å²) in [6.45, 7) is 1.69. The van der Waals surface area contributed by atoms with E-state index in [1.165, 1.54) is 0 Å². The minimum Gasteiger partial charge on any atom is -0.549 e. The van der Waals surface area contributed by atoms with Crippen LogP contribution in [0, 0.1) is 5.92 Å². The predicted molar refractivity (Wildman–Crippen MR) is 28.4 cm³/mol. The second-order valence-electron chi connectivity index (χ2n) is 1.98. The topological polar surface area (TPSA) is 80.3 Å². The Hall–Kier alpha value is 2.55. The second-order valence-corrected chi connectivity index (χ2v) is 1.98. The molecule has 0 fully saturated rings. The zero-order valence-corrected chi connectivity index (χ0v) is 17.5. The molecule has 0 aliphatic carbocycles. The quantitative estimate of drug-likeness (QED) is 0.483. The molecule has 0 amide bonds. The number of carboxylic acid groups (broad SMARTS) is 2. The molecule has 0 aromatic rings. The molecule has 0 aliphatic rings. The molecular formula is C6H8O4Rb2. The van der Waals surface area contributed by atoms with Gasteiger partial charge in [-0.05, 0) is 6.42 Å². The van der Waals surface area contributed by atoms with Crippen molar-refractivity contribution in [3.63, 3.8) is 0 Å². The first-order chi connectivity index (χ1) is 4.59. The van der Waals surface area contributed by atoms with E-state index in [9.17, 15) is 19.8 Å². The third-order valence-corrected chi connectivity index (χ3v) is 1.15. The Balaban J connectivity index is -0.000000405. The summed E-state index contributed by atoms with van der Waals surface area (Å²) in [5, 5.41) is 20.0. The molecule has 58 valence electrons. The first-order valence-corrected chi connectivity index (χ1v) is 3.01. The summed E-state index contributed by atoms with van der Waals surface area (Å²) in [6, 6.07) is 0. The third-order valence-electron chi connectivity index (χ3n) is 1.15. The van der Waals surface area contributed by atoms with Crippen LogP contribution in [0.5, 0.6) is 0 Å². The zero-order chi connectivity index (χ0) is 8.15. The van der Waals surface area contributed by atoms with Crippen LogP contribution in [-0.2, 0) is 9.59 Å². The summed E-state index contributed by atoms with van der Waals surface area (Å²) in [4.78, 5) is 20.0. The van der Waals surface area contributed by atoms with Gasteiger partial charge >= 0.3 is 116 Å². The van der Waals surface area contributed by atoms with Crippen LogP contribution in [0.25, 0.3) is 0 Å². The standard InChI is InChI=1S/C6H10O4.2Rb/c1-2-3-4(5(7)8)6(9)10;;/h4H,2-3H2,1H3,(H,7,8)(H,9,10);;/q;2*+1/p-2. The van der Waals surface area contributed by atoms with Crippen molar-refractivity contribution < 1.29 is 136 Å². The van der Waals surface area contributed by atoms with Gasteiger partial charge in [0.25, 0.3) is 0 Å². The van der Waals surface area contributed by atoms with Crippen LogP contribution in [-0.4, -0.2) is 11.9 Å². The maximum atomic E-state index is 10.00. The molecule has 12 heavy (non-hydrogen) atoms. The van der Waals surface area contributed by atoms with Crippen molar-refractivity contribution in [2.75, 3.05) is 0 Å². The molecule has 0 radical (unpaired) electrons. The van der Waals surface area contributed by atoms with Crippen LogP contribution in [0.15, 0.2) is 0 Å². The summed E-state index contributed by atoms with van der Waals surface area (Å²) < 4.78 is 0. The summed E-state index contributed by atoms with van der Waals surface area (Å²) in [7, 11) is 0. The molecule has 0 N–H and O–H groups in total. The van der Waals surface area contributed by atoms with Crippen LogP contribution in [0.2, 0.25) is 0 Å². The first kappa shape index (κ1) is 20.0. The predicted octanol–water partition coefficient (Wildman–Crippen LogP) is -8.09. The number of aliphatic carboxylic acids is 2. The van der Waals surface area contributed by atoms with Gasteiger partial charge in [0.05, 0.1) is 11.9 Å². The van der Waals surface area contributed by atoms with Gasteiger partial charge in [0.1, 0.15) is 0 Å². The van der Waals surface area contributed by atoms with E-state index in [4.69, 9.17) is 0 Å². The molecule has 4 nitrogen and oxygen atoms in total. The van der Waals surface area contributed by atoms with Gasteiger partial charge in [0.2, 0.25) is 0 Å². The summed E-state index contributed by atoms with van der Waals surface area (Å²) in [6.07, 6.45) is 0.567. The maximum absolute atomic E-state index is 10.00. The Morgan fingerprint density at radius 3 is 1.58 bits per heavy atom. The van der Waals surface area contributed by atoms with E-state index in [1.807, 2.05) is 0 Å². The van der Waals surface area contributed by atoms with Crippen molar-refractivity contribution in [3.05, 3.63) is 0 Å². The molecule has 0 atom stereocenters. The Labute approximate surface area is 169 Å². The van der Waals surface area contributed by atoms with Crippen molar-refractivity contribution >= 4 is 11.9 Å². The number of hydrogen-bond donors (Lipinski definition) is 0. The second kappa shape index (κ2) is 11.6. The van der Waals surface area contributed by atoms with Crippen molar-refractivity contribution in [2.45, 2.75) is 19.8 Å². The van der Waals surface area contributed by atoms with E-state index in [0.717, 1.165) is 0 Å². The van der Waals surface area contributed by atoms with Crippen molar-refractivity contribution in [3.8, 4) is 0 Å². The van der Waals surface area contributed by atoms with Crippen molar-refractivity contribution in [1.29, 1.82) is 0 Å². The van der Waals surface area contributed by atoms with Gasteiger partial charge in [-0.3, -0.25) is 0 Å². The van der Waals surface area contributed by atoms with Crippen LogP contribution >= 0.6 is 0 Å². The van der Waals surface area contributed by atoms with Crippen LogP contribution < -0.4 is 127 Å². The molecule has 0 heterocycles. The van der Waals surface area contributed by atoms with Gasteiger partial charge < -0.3 is 19.8 Å². The van der Waals surface area contributed by atoms with Crippen LogP contribution in [0.1, 0.15) is 19.8 Å². The fraction of sp³-hybridized carbons (Fsp3) is 0.667. The van der Waals surface area contributed by atoms with Gasteiger partial charge in [-0.25, -0.2) is 0 Å². The average molecular weight is 315 g/mol. The third kappa shape index (κ3) is 9.12. The van der Waals surface area contributed by atoms with Crippen LogP contribution in [0.3, 0.4) is 0 Å². The molecule has 0 aliphatic heterocycles. The molecule has 0 saturated carbocycles. The van der Waals surface area contributed by atoms with Gasteiger partial charge in [0, 0.05) is 5.92 Å². The Kier molecular flexibility index (Phi) is 19.4. The maximum Gasteiger partial charge on any atom is 1.00 e. The minimum atomic E-state index is -1.57. The fourth-order valence-electron chi connectivity index (χ4n) is 0.621. The van der Waals surface area contributed by atoms with Gasteiger partial charge in [0.15, 0.2) is 0 Å². The van der Waals surface area contributed by atoms with E-state index >= 15 is 0 Å². The van der Waals surface area contributed by atoms with Crippen molar-refractivity contribution in [1.82, 2.24) is 0 Å². The summed E-state index contributed by atoms with van der Waals surface area (Å²) >= 11 is 0. The number of hydrogen-bond acceptors (Lipinski definition) is 4.